The number of hydrogen-bond acceptors (Lipinski definition) is 4. The average Bonchev–Trinajstić information content (AvgIpc) is 3.18. The smallest absolute Gasteiger partial charge is 0.246 e. The highest BCUT2D eigenvalue weighted by atomic mass is 16.2. The van der Waals surface area contributed by atoms with Gasteiger partial charge < -0.3 is 15.2 Å². The van der Waals surface area contributed by atoms with Crippen molar-refractivity contribution in [2.75, 3.05) is 18.8 Å². The minimum Gasteiger partial charge on any atom is -0.399 e. The molecule has 0 radical (unpaired) electrons. The van der Waals surface area contributed by atoms with Crippen molar-refractivity contribution in [2.24, 2.45) is 5.92 Å². The maximum atomic E-state index is 12.8. The van der Waals surface area contributed by atoms with Crippen LogP contribution in [0.1, 0.15) is 24.2 Å². The van der Waals surface area contributed by atoms with Crippen molar-refractivity contribution in [3.05, 3.63) is 84.5 Å². The van der Waals surface area contributed by atoms with Crippen molar-refractivity contribution in [3.8, 4) is 11.1 Å². The largest absolute Gasteiger partial charge is 0.399 e. The Morgan fingerprint density at radius 1 is 1.09 bits per heavy atom. The number of piperidine rings is 1. The number of rotatable bonds is 5. The van der Waals surface area contributed by atoms with Gasteiger partial charge in [0.25, 0.3) is 0 Å². The highest BCUT2D eigenvalue weighted by molar-refractivity contribution is 5.92. The van der Waals surface area contributed by atoms with Crippen molar-refractivity contribution in [1.82, 2.24) is 19.4 Å². The maximum absolute atomic E-state index is 12.8. The van der Waals surface area contributed by atoms with E-state index in [4.69, 9.17) is 5.73 Å². The fourth-order valence-electron chi connectivity index (χ4n) is 4.70. The normalized spacial score (nSPS) is 14.8. The standard InChI is InChI=1S/C28H29N5O/c1-20-31-26-18-30-14-11-27(26)33(20)19-22-12-15-32(16-13-22)28(34)10-7-21-5-8-23(9-6-21)24-3-2-4-25(29)17-24/h2-11,14,17-18,22H,12-13,15-16,19,29H2,1H3/b10-7-. The fourth-order valence-corrected chi connectivity index (χ4v) is 4.70. The Labute approximate surface area is 199 Å². The molecule has 0 aliphatic carbocycles. The number of imidazole rings is 1. The van der Waals surface area contributed by atoms with E-state index in [1.165, 1.54) is 0 Å². The second-order valence-electron chi connectivity index (χ2n) is 8.98. The van der Waals surface area contributed by atoms with E-state index >= 15 is 0 Å². The number of nitrogens with two attached hydrogens (primary N) is 1. The number of pyridine rings is 1. The molecule has 6 heteroatoms. The summed E-state index contributed by atoms with van der Waals surface area (Å²) >= 11 is 0. The van der Waals surface area contributed by atoms with Crippen LogP contribution in [0, 0.1) is 12.8 Å². The lowest BCUT2D eigenvalue weighted by Gasteiger charge is -2.31. The van der Waals surface area contributed by atoms with Crippen molar-refractivity contribution >= 4 is 28.7 Å². The molecule has 2 aromatic heterocycles. The van der Waals surface area contributed by atoms with E-state index in [0.29, 0.717) is 5.92 Å². The second kappa shape index (κ2) is 9.51. The molecule has 0 bridgehead atoms. The molecule has 4 aromatic rings. The lowest BCUT2D eigenvalue weighted by molar-refractivity contribution is -0.127. The Kier molecular flexibility index (Phi) is 6.12. The van der Waals surface area contributed by atoms with E-state index in [1.54, 1.807) is 6.08 Å². The van der Waals surface area contributed by atoms with Crippen LogP contribution < -0.4 is 5.73 Å². The molecule has 1 aliphatic rings. The number of anilines is 1. The molecule has 34 heavy (non-hydrogen) atoms. The first-order valence-electron chi connectivity index (χ1n) is 11.8. The molecule has 0 spiro atoms. The Balaban J connectivity index is 1.16. The summed E-state index contributed by atoms with van der Waals surface area (Å²) in [5.41, 5.74) is 11.9. The number of hydrogen-bond donors (Lipinski definition) is 1. The average molecular weight is 452 g/mol. The minimum atomic E-state index is 0.0775. The van der Waals surface area contributed by atoms with Crippen LogP contribution in [-0.2, 0) is 11.3 Å². The highest BCUT2D eigenvalue weighted by Gasteiger charge is 2.23. The molecule has 2 aromatic carbocycles. The van der Waals surface area contributed by atoms with Crippen molar-refractivity contribution in [3.63, 3.8) is 0 Å². The second-order valence-corrected chi connectivity index (χ2v) is 8.98. The summed E-state index contributed by atoms with van der Waals surface area (Å²) in [6.07, 6.45) is 9.22. The maximum Gasteiger partial charge on any atom is 0.246 e. The number of fused-ring (bicyclic) bond motifs is 1. The van der Waals surface area contributed by atoms with Gasteiger partial charge in [0.05, 0.1) is 11.7 Å². The molecule has 3 heterocycles. The molecule has 0 atom stereocenters. The number of carbonyl (C=O) groups is 1. The Morgan fingerprint density at radius 3 is 2.65 bits per heavy atom. The molecule has 0 unspecified atom stereocenters. The third-order valence-corrected chi connectivity index (χ3v) is 6.66. The number of nitrogen functional groups attached to an aromatic ring is 1. The van der Waals surface area contributed by atoms with Crippen molar-refractivity contribution in [2.45, 2.75) is 26.3 Å². The van der Waals surface area contributed by atoms with Crippen molar-refractivity contribution < 1.29 is 4.79 Å². The van der Waals surface area contributed by atoms with Crippen LogP contribution in [0.4, 0.5) is 5.69 Å². The zero-order valence-corrected chi connectivity index (χ0v) is 19.4. The van der Waals surface area contributed by atoms with Gasteiger partial charge in [-0.15, -0.1) is 0 Å². The van der Waals surface area contributed by atoms with Crippen LogP contribution >= 0.6 is 0 Å². The highest BCUT2D eigenvalue weighted by Crippen LogP contribution is 2.24. The van der Waals surface area contributed by atoms with E-state index < -0.39 is 0 Å². The predicted molar refractivity (Wildman–Crippen MR) is 137 cm³/mol. The number of aromatic nitrogens is 3. The minimum absolute atomic E-state index is 0.0775. The summed E-state index contributed by atoms with van der Waals surface area (Å²) in [4.78, 5) is 23.5. The van der Waals surface area contributed by atoms with Gasteiger partial charge in [-0.05, 0) is 66.6 Å². The van der Waals surface area contributed by atoms with E-state index in [0.717, 1.165) is 71.7 Å². The van der Waals surface area contributed by atoms with E-state index in [2.05, 4.69) is 26.7 Å². The summed E-state index contributed by atoms with van der Waals surface area (Å²) in [5, 5.41) is 0. The Bertz CT molecular complexity index is 1330. The first kappa shape index (κ1) is 21.9. The molecule has 1 saturated heterocycles. The van der Waals surface area contributed by atoms with Gasteiger partial charge >= 0.3 is 0 Å². The summed E-state index contributed by atoms with van der Waals surface area (Å²) in [6.45, 7) is 4.56. The summed E-state index contributed by atoms with van der Waals surface area (Å²) < 4.78 is 2.28. The van der Waals surface area contributed by atoms with E-state index in [9.17, 15) is 4.79 Å². The molecule has 1 fully saturated rings. The van der Waals surface area contributed by atoms with Crippen LogP contribution in [0.2, 0.25) is 0 Å². The molecular weight excluding hydrogens is 422 g/mol. The third kappa shape index (κ3) is 4.71. The van der Waals surface area contributed by atoms with Gasteiger partial charge in [0.15, 0.2) is 0 Å². The van der Waals surface area contributed by atoms with Gasteiger partial charge in [-0.1, -0.05) is 36.4 Å². The third-order valence-electron chi connectivity index (χ3n) is 6.66. The number of nitrogens with zero attached hydrogens (tertiary/aromatic N) is 4. The molecule has 0 saturated carbocycles. The monoisotopic (exact) mass is 451 g/mol. The Morgan fingerprint density at radius 2 is 1.88 bits per heavy atom. The van der Waals surface area contributed by atoms with Gasteiger partial charge in [0.1, 0.15) is 11.3 Å². The molecule has 1 aliphatic heterocycles. The number of carbonyl (C=O) groups excluding carboxylic acids is 1. The number of amides is 1. The molecular formula is C28H29N5O. The first-order valence-corrected chi connectivity index (χ1v) is 11.8. The van der Waals surface area contributed by atoms with Gasteiger partial charge in [0.2, 0.25) is 5.91 Å². The fraction of sp³-hybridized carbons (Fsp3) is 0.250. The lowest BCUT2D eigenvalue weighted by Crippen LogP contribution is -2.38. The first-order chi connectivity index (χ1) is 16.6. The van der Waals surface area contributed by atoms with Crippen LogP contribution in [0.3, 0.4) is 0 Å². The number of benzene rings is 2. The zero-order chi connectivity index (χ0) is 23.5. The van der Waals surface area contributed by atoms with Gasteiger partial charge in [0, 0.05) is 37.6 Å². The van der Waals surface area contributed by atoms with Crippen LogP contribution in [0.5, 0.6) is 0 Å². The Hall–Kier alpha value is -3.93. The number of likely N-dealkylation sites (tertiary alicyclic amines) is 1. The summed E-state index contributed by atoms with van der Waals surface area (Å²) in [7, 11) is 0. The van der Waals surface area contributed by atoms with Crippen molar-refractivity contribution in [1.29, 1.82) is 0 Å². The summed E-state index contributed by atoms with van der Waals surface area (Å²) in [5.74, 6) is 1.64. The van der Waals surface area contributed by atoms with E-state index in [1.807, 2.05) is 72.8 Å². The van der Waals surface area contributed by atoms with Gasteiger partial charge in [-0.25, -0.2) is 4.98 Å². The van der Waals surface area contributed by atoms with Crippen LogP contribution in [0.25, 0.3) is 28.2 Å². The zero-order valence-electron chi connectivity index (χ0n) is 19.4. The SMILES string of the molecule is Cc1nc2cnccc2n1CC1CCN(C(=O)/C=C\c2ccc(-c3cccc(N)c3)cc2)CC1. The van der Waals surface area contributed by atoms with Crippen LogP contribution in [-0.4, -0.2) is 38.4 Å². The predicted octanol–water partition coefficient (Wildman–Crippen LogP) is 4.94. The quantitative estimate of drug-likeness (QED) is 0.344. The number of aryl methyl sites for hydroxylation is 1. The van der Waals surface area contributed by atoms with E-state index in [-0.39, 0.29) is 5.91 Å². The summed E-state index contributed by atoms with van der Waals surface area (Å²) in [6, 6.07) is 18.0. The van der Waals surface area contributed by atoms with Gasteiger partial charge in [-0.2, -0.15) is 0 Å². The molecule has 5 rings (SSSR count). The molecule has 1 amide bonds. The topological polar surface area (TPSA) is 77.0 Å². The lowest BCUT2D eigenvalue weighted by atomic mass is 9.96. The molecule has 2 N–H and O–H groups in total. The molecule has 6 nitrogen and oxygen atoms in total. The molecule has 172 valence electrons. The van der Waals surface area contributed by atoms with Crippen LogP contribution in [0.15, 0.2) is 73.1 Å². The van der Waals surface area contributed by atoms with Gasteiger partial charge in [-0.3, -0.25) is 9.78 Å².